The highest BCUT2D eigenvalue weighted by molar-refractivity contribution is 5.84. The first-order valence-electron chi connectivity index (χ1n) is 8.85. The molecular weight excluding hydrogens is 340 g/mol. The number of aryl methyl sites for hydroxylation is 1. The summed E-state index contributed by atoms with van der Waals surface area (Å²) in [7, 11) is 0. The third-order valence-electron chi connectivity index (χ3n) is 4.19. The van der Waals surface area contributed by atoms with Crippen LogP contribution in [0, 0.1) is 6.92 Å². The van der Waals surface area contributed by atoms with E-state index in [1.807, 2.05) is 39.8 Å². The van der Waals surface area contributed by atoms with Crippen LogP contribution < -0.4 is 11.1 Å². The molecule has 7 heteroatoms. The number of fused-ring (bicyclic) bond motifs is 1. The molecule has 138 valence electrons. The molecule has 0 saturated heterocycles. The fourth-order valence-electron chi connectivity index (χ4n) is 3.10. The summed E-state index contributed by atoms with van der Waals surface area (Å²) in [6, 6.07) is 8.29. The number of allylic oxidation sites excluding steroid dienone is 1. The van der Waals surface area contributed by atoms with Crippen LogP contribution in [0.4, 0.5) is 11.8 Å². The molecule has 0 atom stereocenters. The Balaban J connectivity index is 1.69. The Kier molecular flexibility index (Phi) is 3.95. The summed E-state index contributed by atoms with van der Waals surface area (Å²) in [5.74, 6) is 1.59. The fourth-order valence-corrected chi connectivity index (χ4v) is 3.10. The largest absolute Gasteiger partial charge is 0.403 e. The minimum atomic E-state index is -0.153. The second-order valence-electron chi connectivity index (χ2n) is 7.74. The van der Waals surface area contributed by atoms with E-state index in [0.717, 1.165) is 28.8 Å². The van der Waals surface area contributed by atoms with E-state index in [4.69, 9.17) is 10.2 Å². The zero-order chi connectivity index (χ0) is 19.2. The molecule has 27 heavy (non-hydrogen) atoms. The van der Waals surface area contributed by atoms with Gasteiger partial charge in [0.05, 0.1) is 0 Å². The van der Waals surface area contributed by atoms with Gasteiger partial charge in [0, 0.05) is 28.4 Å². The van der Waals surface area contributed by atoms with Crippen LogP contribution >= 0.6 is 0 Å². The fraction of sp³-hybridized carbons (Fsp3) is 0.300. The molecule has 0 aliphatic heterocycles. The van der Waals surface area contributed by atoms with Crippen LogP contribution in [0.3, 0.4) is 0 Å². The van der Waals surface area contributed by atoms with Crippen molar-refractivity contribution in [3.8, 4) is 11.5 Å². The minimum absolute atomic E-state index is 0.153. The molecule has 3 N–H and O–H groups in total. The molecule has 1 aliphatic carbocycles. The van der Waals surface area contributed by atoms with Crippen molar-refractivity contribution in [1.82, 2.24) is 20.2 Å². The predicted molar refractivity (Wildman–Crippen MR) is 105 cm³/mol. The Morgan fingerprint density at radius 2 is 1.93 bits per heavy atom. The van der Waals surface area contributed by atoms with Crippen molar-refractivity contribution >= 4 is 17.4 Å². The average Bonchev–Trinajstić information content (AvgIpc) is 3.18. The van der Waals surface area contributed by atoms with Gasteiger partial charge in [-0.3, -0.25) is 0 Å². The first kappa shape index (κ1) is 17.2. The van der Waals surface area contributed by atoms with Crippen LogP contribution in [0.1, 0.15) is 43.4 Å². The van der Waals surface area contributed by atoms with E-state index >= 15 is 0 Å². The summed E-state index contributed by atoms with van der Waals surface area (Å²) < 4.78 is 5.78. The Bertz CT molecular complexity index is 1020. The van der Waals surface area contributed by atoms with E-state index in [9.17, 15) is 0 Å². The van der Waals surface area contributed by atoms with E-state index in [0.29, 0.717) is 23.5 Å². The molecule has 0 spiro atoms. The number of aromatic nitrogens is 4. The van der Waals surface area contributed by atoms with Gasteiger partial charge in [0.2, 0.25) is 5.89 Å². The second kappa shape index (κ2) is 6.19. The van der Waals surface area contributed by atoms with Gasteiger partial charge in [-0.2, -0.15) is 0 Å². The number of nitrogens with one attached hydrogen (secondary N) is 1. The summed E-state index contributed by atoms with van der Waals surface area (Å²) in [5.41, 5.74) is 10.7. The first-order valence-corrected chi connectivity index (χ1v) is 8.85. The van der Waals surface area contributed by atoms with Gasteiger partial charge in [-0.1, -0.05) is 17.2 Å². The number of hydrogen-bond donors (Lipinski definition) is 2. The normalized spacial score (nSPS) is 13.4. The van der Waals surface area contributed by atoms with Gasteiger partial charge in [-0.05, 0) is 57.4 Å². The molecule has 4 rings (SSSR count). The molecule has 3 aromatic rings. The maximum Gasteiger partial charge on any atom is 0.316 e. The molecule has 0 radical (unpaired) electrons. The molecule has 2 aromatic heterocycles. The van der Waals surface area contributed by atoms with E-state index in [1.54, 1.807) is 6.07 Å². The van der Waals surface area contributed by atoms with Crippen LogP contribution in [0.25, 0.3) is 17.0 Å². The van der Waals surface area contributed by atoms with Crippen LogP contribution in [0.15, 0.2) is 34.8 Å². The summed E-state index contributed by atoms with van der Waals surface area (Å²) >= 11 is 0. The van der Waals surface area contributed by atoms with Crippen molar-refractivity contribution in [2.75, 3.05) is 11.1 Å². The number of nitrogens with zero attached hydrogens (tertiary/aromatic N) is 4. The van der Waals surface area contributed by atoms with Crippen molar-refractivity contribution in [3.63, 3.8) is 0 Å². The van der Waals surface area contributed by atoms with Crippen molar-refractivity contribution in [1.29, 1.82) is 0 Å². The average molecular weight is 362 g/mol. The molecule has 7 nitrogen and oxygen atoms in total. The number of nitrogen functional groups attached to an aromatic ring is 1. The lowest BCUT2D eigenvalue weighted by atomic mass is 10.0. The van der Waals surface area contributed by atoms with Gasteiger partial charge in [0.1, 0.15) is 5.82 Å². The topological polar surface area (TPSA) is 103 Å². The number of hydrogen-bond acceptors (Lipinski definition) is 7. The lowest BCUT2D eigenvalue weighted by Crippen LogP contribution is -2.26. The Morgan fingerprint density at radius 1 is 1.11 bits per heavy atom. The monoisotopic (exact) mass is 362 g/mol. The summed E-state index contributed by atoms with van der Waals surface area (Å²) in [6.07, 6.45) is 2.96. The maximum absolute atomic E-state index is 5.90. The van der Waals surface area contributed by atoms with Gasteiger partial charge >= 0.3 is 6.01 Å². The van der Waals surface area contributed by atoms with Gasteiger partial charge < -0.3 is 15.5 Å². The Hall–Kier alpha value is -3.22. The van der Waals surface area contributed by atoms with Gasteiger partial charge in [0.25, 0.3) is 0 Å². The molecule has 1 aromatic carbocycles. The molecule has 0 amide bonds. The second-order valence-corrected chi connectivity index (χ2v) is 7.74. The van der Waals surface area contributed by atoms with E-state index in [1.165, 1.54) is 5.56 Å². The summed E-state index contributed by atoms with van der Waals surface area (Å²) in [6.45, 7) is 8.03. The van der Waals surface area contributed by atoms with Crippen LogP contribution in [-0.4, -0.2) is 25.7 Å². The molecule has 1 aliphatic rings. The van der Waals surface area contributed by atoms with Crippen LogP contribution in [0.5, 0.6) is 0 Å². The molecule has 2 heterocycles. The summed E-state index contributed by atoms with van der Waals surface area (Å²) in [4.78, 5) is 8.94. The van der Waals surface area contributed by atoms with Crippen molar-refractivity contribution in [3.05, 3.63) is 53.0 Å². The van der Waals surface area contributed by atoms with Gasteiger partial charge in [-0.15, -0.1) is 5.10 Å². The smallest absolute Gasteiger partial charge is 0.316 e. The molecule has 0 fully saturated rings. The zero-order valence-electron chi connectivity index (χ0n) is 15.9. The number of benzene rings is 1. The third kappa shape index (κ3) is 3.53. The van der Waals surface area contributed by atoms with E-state index < -0.39 is 0 Å². The van der Waals surface area contributed by atoms with Crippen LogP contribution in [0.2, 0.25) is 0 Å². The minimum Gasteiger partial charge on any atom is -0.403 e. The van der Waals surface area contributed by atoms with Crippen molar-refractivity contribution in [2.24, 2.45) is 0 Å². The quantitative estimate of drug-likeness (QED) is 0.733. The van der Waals surface area contributed by atoms with E-state index in [2.05, 4.69) is 37.6 Å². The van der Waals surface area contributed by atoms with Crippen molar-refractivity contribution < 1.29 is 4.42 Å². The molecule has 0 bridgehead atoms. The Labute approximate surface area is 157 Å². The lowest BCUT2D eigenvalue weighted by molar-refractivity contribution is 0.538. The standard InChI is InChI=1S/C20H22N6O/c1-11-9-16(21)23-17(22-11)14-8-7-12-5-6-13(10-15(12)14)18-25-26-19(27-18)24-20(2,3)4/h5-6,8-10H,7H2,1-4H3,(H,24,26)(H2,21,22,23). The number of nitrogens with two attached hydrogens (primary N) is 1. The zero-order valence-corrected chi connectivity index (χ0v) is 15.9. The molecular formula is C20H22N6O. The highest BCUT2D eigenvalue weighted by Crippen LogP contribution is 2.34. The third-order valence-corrected chi connectivity index (χ3v) is 4.19. The number of rotatable bonds is 3. The summed E-state index contributed by atoms with van der Waals surface area (Å²) in [5, 5.41) is 11.4. The predicted octanol–water partition coefficient (Wildman–Crippen LogP) is 3.62. The lowest BCUT2D eigenvalue weighted by Gasteiger charge is -2.17. The van der Waals surface area contributed by atoms with Crippen LogP contribution in [-0.2, 0) is 6.42 Å². The maximum atomic E-state index is 5.90. The molecule has 0 saturated carbocycles. The molecule has 0 unspecified atom stereocenters. The Morgan fingerprint density at radius 3 is 2.67 bits per heavy atom. The number of anilines is 2. The van der Waals surface area contributed by atoms with Gasteiger partial charge in [-0.25, -0.2) is 9.97 Å². The highest BCUT2D eigenvalue weighted by Gasteiger charge is 2.21. The van der Waals surface area contributed by atoms with E-state index in [-0.39, 0.29) is 5.54 Å². The SMILES string of the molecule is Cc1cc(N)nc(C2=CCc3ccc(-c4nnc(NC(C)(C)C)o4)cc32)n1. The highest BCUT2D eigenvalue weighted by atomic mass is 16.4. The first-order chi connectivity index (χ1) is 12.8. The van der Waals surface area contributed by atoms with Crippen molar-refractivity contribution in [2.45, 2.75) is 39.7 Å². The van der Waals surface area contributed by atoms with Gasteiger partial charge in [0.15, 0.2) is 5.82 Å².